The van der Waals surface area contributed by atoms with E-state index in [-0.39, 0.29) is 33.3 Å². The van der Waals surface area contributed by atoms with Crippen LogP contribution in [0.25, 0.3) is 22.2 Å². The summed E-state index contributed by atoms with van der Waals surface area (Å²) < 4.78 is 34.5. The smallest absolute Gasteiger partial charge is 0.216 e. The first-order valence-corrected chi connectivity index (χ1v) is 9.62. The van der Waals surface area contributed by atoms with E-state index >= 15 is 0 Å². The summed E-state index contributed by atoms with van der Waals surface area (Å²) in [5, 5.41) is 5.24. The lowest BCUT2D eigenvalue weighted by Gasteiger charge is -2.16. The number of hydrogen-bond donors (Lipinski definition) is 0. The summed E-state index contributed by atoms with van der Waals surface area (Å²) in [4.78, 5) is 13.2. The fraction of sp³-hybridized carbons (Fsp3) is 0.0909. The maximum atomic E-state index is 14.3. The topological polar surface area (TPSA) is 44.1 Å². The molecule has 0 aliphatic rings. The van der Waals surface area contributed by atoms with E-state index in [0.717, 1.165) is 12.1 Å². The quantitative estimate of drug-likeness (QED) is 0.403. The van der Waals surface area contributed by atoms with Crippen LogP contribution in [0.4, 0.5) is 8.78 Å². The van der Waals surface area contributed by atoms with Crippen molar-refractivity contribution in [2.75, 3.05) is 7.11 Å². The van der Waals surface area contributed by atoms with E-state index < -0.39 is 11.6 Å². The van der Waals surface area contributed by atoms with Crippen LogP contribution in [0.15, 0.2) is 59.4 Å². The van der Waals surface area contributed by atoms with Crippen LogP contribution < -0.4 is 10.2 Å². The average Bonchev–Trinajstić information content (AvgIpc) is 2.73. The van der Waals surface area contributed by atoms with Gasteiger partial charge in [0.15, 0.2) is 0 Å². The van der Waals surface area contributed by atoms with Gasteiger partial charge in [0, 0.05) is 17.2 Å². The first-order chi connectivity index (χ1) is 14.4. The summed E-state index contributed by atoms with van der Waals surface area (Å²) in [7, 11) is 1.46. The van der Waals surface area contributed by atoms with E-state index in [1.165, 1.54) is 17.9 Å². The van der Waals surface area contributed by atoms with Crippen molar-refractivity contribution in [3.63, 3.8) is 0 Å². The van der Waals surface area contributed by atoms with Crippen LogP contribution in [0, 0.1) is 11.6 Å². The first-order valence-electron chi connectivity index (χ1n) is 8.87. The summed E-state index contributed by atoms with van der Waals surface area (Å²) in [6.45, 7) is -0.0611. The Bertz CT molecular complexity index is 1340. The highest BCUT2D eigenvalue weighted by Crippen LogP contribution is 2.33. The van der Waals surface area contributed by atoms with E-state index in [1.807, 2.05) is 0 Å². The standard InChI is InChI=1S/C22H14Cl2F2N2O2/c1-30-18-7-3-5-15-21(18)28(11-12-8-9-13(25)10-17(12)26)27-20(22(15)29)14-4-2-6-16(23)19(14)24/h2-10H,11H2,1H3. The molecule has 0 aliphatic carbocycles. The molecule has 0 spiro atoms. The Kier molecular flexibility index (Phi) is 5.45. The van der Waals surface area contributed by atoms with Crippen molar-refractivity contribution in [2.24, 2.45) is 0 Å². The van der Waals surface area contributed by atoms with Crippen molar-refractivity contribution in [1.29, 1.82) is 0 Å². The monoisotopic (exact) mass is 446 g/mol. The third kappa shape index (κ3) is 3.53. The van der Waals surface area contributed by atoms with Crippen LogP contribution in [0.1, 0.15) is 5.56 Å². The summed E-state index contributed by atoms with van der Waals surface area (Å²) in [5.74, 6) is -1.01. The number of hydrogen-bond acceptors (Lipinski definition) is 3. The largest absolute Gasteiger partial charge is 0.494 e. The number of ether oxygens (including phenoxy) is 1. The van der Waals surface area contributed by atoms with Gasteiger partial charge < -0.3 is 4.74 Å². The Morgan fingerprint density at radius 3 is 2.57 bits per heavy atom. The number of methoxy groups -OCH3 is 1. The Balaban J connectivity index is 2.03. The molecule has 152 valence electrons. The van der Waals surface area contributed by atoms with Gasteiger partial charge in [0.05, 0.1) is 29.1 Å². The fourth-order valence-corrected chi connectivity index (χ4v) is 3.66. The van der Waals surface area contributed by atoms with E-state index in [0.29, 0.717) is 22.2 Å². The summed E-state index contributed by atoms with van der Waals surface area (Å²) in [6, 6.07) is 13.2. The molecule has 0 radical (unpaired) electrons. The van der Waals surface area contributed by atoms with Crippen molar-refractivity contribution >= 4 is 34.1 Å². The minimum Gasteiger partial charge on any atom is -0.494 e. The summed E-state index contributed by atoms with van der Waals surface area (Å²) >= 11 is 12.4. The van der Waals surface area contributed by atoms with Gasteiger partial charge in [-0.1, -0.05) is 47.5 Å². The number of aromatic nitrogens is 2. The first kappa shape index (κ1) is 20.3. The number of nitrogens with zero attached hydrogens (tertiary/aromatic N) is 2. The lowest BCUT2D eigenvalue weighted by molar-refractivity contribution is 0.416. The third-order valence-corrected chi connectivity index (χ3v) is 5.52. The molecule has 0 N–H and O–H groups in total. The lowest BCUT2D eigenvalue weighted by Crippen LogP contribution is -2.18. The second-order valence-corrected chi connectivity index (χ2v) is 7.31. The molecule has 8 heteroatoms. The molecule has 0 saturated carbocycles. The Hall–Kier alpha value is -2.96. The molecule has 0 bridgehead atoms. The fourth-order valence-electron chi connectivity index (χ4n) is 3.27. The Morgan fingerprint density at radius 2 is 1.83 bits per heavy atom. The van der Waals surface area contributed by atoms with Crippen molar-refractivity contribution < 1.29 is 13.5 Å². The molecular formula is C22H14Cl2F2N2O2. The number of fused-ring (bicyclic) bond motifs is 1. The highest BCUT2D eigenvalue weighted by molar-refractivity contribution is 6.43. The minimum atomic E-state index is -0.721. The Labute approximate surface area is 180 Å². The molecule has 4 aromatic rings. The maximum Gasteiger partial charge on any atom is 0.216 e. The lowest BCUT2D eigenvalue weighted by atomic mass is 10.1. The van der Waals surface area contributed by atoms with Crippen molar-refractivity contribution in [2.45, 2.75) is 6.54 Å². The van der Waals surface area contributed by atoms with Gasteiger partial charge in [-0.15, -0.1) is 0 Å². The van der Waals surface area contributed by atoms with Gasteiger partial charge in [0.1, 0.15) is 28.6 Å². The average molecular weight is 447 g/mol. The van der Waals surface area contributed by atoms with E-state index in [2.05, 4.69) is 5.10 Å². The molecule has 4 nitrogen and oxygen atoms in total. The molecule has 4 rings (SSSR count). The minimum absolute atomic E-state index is 0.0609. The second-order valence-electron chi connectivity index (χ2n) is 6.53. The normalized spacial score (nSPS) is 11.1. The number of benzene rings is 3. The van der Waals surface area contributed by atoms with E-state index in [9.17, 15) is 13.6 Å². The van der Waals surface area contributed by atoms with Gasteiger partial charge in [0.25, 0.3) is 0 Å². The molecule has 0 atom stereocenters. The number of rotatable bonds is 4. The molecular weight excluding hydrogens is 433 g/mol. The van der Waals surface area contributed by atoms with Crippen LogP contribution in [-0.4, -0.2) is 16.9 Å². The molecule has 0 fully saturated rings. The zero-order chi connectivity index (χ0) is 21.4. The number of para-hydroxylation sites is 1. The molecule has 0 aliphatic heterocycles. The van der Waals surface area contributed by atoms with Crippen LogP contribution in [0.5, 0.6) is 5.75 Å². The van der Waals surface area contributed by atoms with Crippen LogP contribution in [0.3, 0.4) is 0 Å². The third-order valence-electron chi connectivity index (χ3n) is 4.70. The van der Waals surface area contributed by atoms with Crippen molar-refractivity contribution in [1.82, 2.24) is 9.78 Å². The zero-order valence-electron chi connectivity index (χ0n) is 15.6. The van der Waals surface area contributed by atoms with Crippen LogP contribution in [0.2, 0.25) is 10.0 Å². The maximum absolute atomic E-state index is 14.3. The van der Waals surface area contributed by atoms with Crippen molar-refractivity contribution in [3.05, 3.63) is 92.1 Å². The van der Waals surface area contributed by atoms with E-state index in [4.69, 9.17) is 27.9 Å². The molecule has 1 heterocycles. The summed E-state index contributed by atoms with van der Waals surface area (Å²) in [5.41, 5.74) is 0.625. The van der Waals surface area contributed by atoms with E-state index in [1.54, 1.807) is 36.4 Å². The van der Waals surface area contributed by atoms with Crippen LogP contribution in [-0.2, 0) is 6.54 Å². The molecule has 30 heavy (non-hydrogen) atoms. The second kappa shape index (κ2) is 8.05. The van der Waals surface area contributed by atoms with Gasteiger partial charge in [-0.25, -0.2) is 8.78 Å². The van der Waals surface area contributed by atoms with Gasteiger partial charge in [-0.2, -0.15) is 5.10 Å². The molecule has 0 amide bonds. The molecule has 3 aromatic carbocycles. The van der Waals surface area contributed by atoms with Crippen LogP contribution >= 0.6 is 23.2 Å². The van der Waals surface area contributed by atoms with Gasteiger partial charge in [-0.3, -0.25) is 9.48 Å². The molecule has 1 aromatic heterocycles. The highest BCUT2D eigenvalue weighted by atomic mass is 35.5. The highest BCUT2D eigenvalue weighted by Gasteiger charge is 2.19. The van der Waals surface area contributed by atoms with Crippen molar-refractivity contribution in [3.8, 4) is 17.0 Å². The Morgan fingerprint density at radius 1 is 1.07 bits per heavy atom. The predicted molar refractivity (Wildman–Crippen MR) is 113 cm³/mol. The molecule has 0 saturated heterocycles. The molecule has 0 unspecified atom stereocenters. The van der Waals surface area contributed by atoms with Gasteiger partial charge in [-0.05, 0) is 24.3 Å². The predicted octanol–water partition coefficient (Wildman–Crippen LogP) is 5.71. The van der Waals surface area contributed by atoms with Gasteiger partial charge >= 0.3 is 0 Å². The zero-order valence-corrected chi connectivity index (χ0v) is 17.1. The SMILES string of the molecule is COc1cccc2c(=O)c(-c3cccc(Cl)c3Cl)nn(Cc3ccc(F)cc3F)c12. The summed E-state index contributed by atoms with van der Waals surface area (Å²) in [6.07, 6.45) is 0. The number of halogens is 4. The van der Waals surface area contributed by atoms with Gasteiger partial charge in [0.2, 0.25) is 5.43 Å².